The number of carbonyl (C=O) groups excluding carboxylic acids is 1. The molecule has 0 fully saturated rings. The normalized spacial score (nSPS) is 20.1. The monoisotopic (exact) mass is 438 g/mol. The smallest absolute Gasteiger partial charge is 0.276 e. The van der Waals surface area contributed by atoms with Crippen molar-refractivity contribution >= 4 is 21.6 Å². The standard InChI is InChI=1S/C18H16F2N4O5S/c1-18(17-21-5-6-28-17)9-29-15-13(30(26,27)23-18)8-24(2)14(15)16(25)22-10-3-4-11(19)12(20)7-10/h3-8,23H,9H2,1-2H3,(H,22,25)/t18-/m0/s1. The van der Waals surface area contributed by atoms with Crippen LogP contribution in [-0.2, 0) is 22.6 Å². The number of oxazole rings is 1. The second-order valence-electron chi connectivity index (χ2n) is 6.93. The number of sulfonamides is 1. The Morgan fingerprint density at radius 1 is 1.33 bits per heavy atom. The van der Waals surface area contributed by atoms with Crippen molar-refractivity contribution in [3.8, 4) is 5.75 Å². The highest BCUT2D eigenvalue weighted by molar-refractivity contribution is 7.89. The Morgan fingerprint density at radius 3 is 2.77 bits per heavy atom. The molecule has 1 amide bonds. The maximum atomic E-state index is 13.4. The van der Waals surface area contributed by atoms with Crippen molar-refractivity contribution in [3.63, 3.8) is 0 Å². The van der Waals surface area contributed by atoms with Gasteiger partial charge in [-0.3, -0.25) is 4.79 Å². The van der Waals surface area contributed by atoms with Crippen LogP contribution in [0.4, 0.5) is 14.5 Å². The maximum Gasteiger partial charge on any atom is 0.276 e. The molecule has 0 aliphatic carbocycles. The van der Waals surface area contributed by atoms with Gasteiger partial charge in [-0.15, -0.1) is 0 Å². The van der Waals surface area contributed by atoms with Crippen molar-refractivity contribution in [2.45, 2.75) is 17.4 Å². The van der Waals surface area contributed by atoms with Crippen LogP contribution >= 0.6 is 0 Å². The summed E-state index contributed by atoms with van der Waals surface area (Å²) >= 11 is 0. The van der Waals surface area contributed by atoms with Gasteiger partial charge in [0.15, 0.2) is 23.1 Å². The third kappa shape index (κ3) is 3.33. The van der Waals surface area contributed by atoms with Crippen LogP contribution in [0.15, 0.2) is 46.2 Å². The SMILES string of the molecule is Cn1cc2c(c1C(=O)Nc1ccc(F)c(F)c1)OC[C@@](C)(c1ncco1)NS2(=O)=O. The zero-order valence-electron chi connectivity index (χ0n) is 15.8. The second kappa shape index (κ2) is 6.92. The second-order valence-corrected chi connectivity index (χ2v) is 8.58. The molecular formula is C18H16F2N4O5S. The number of fused-ring (bicyclic) bond motifs is 1. The number of ether oxygens (including phenoxy) is 1. The molecule has 158 valence electrons. The van der Waals surface area contributed by atoms with Crippen LogP contribution in [0.25, 0.3) is 0 Å². The number of nitrogens with one attached hydrogen (secondary N) is 2. The Morgan fingerprint density at radius 2 is 2.10 bits per heavy atom. The summed E-state index contributed by atoms with van der Waals surface area (Å²) in [4.78, 5) is 16.5. The van der Waals surface area contributed by atoms with Crippen LogP contribution < -0.4 is 14.8 Å². The van der Waals surface area contributed by atoms with Gasteiger partial charge >= 0.3 is 0 Å². The summed E-state index contributed by atoms with van der Waals surface area (Å²) in [6.07, 6.45) is 3.89. The topological polar surface area (TPSA) is 115 Å². The summed E-state index contributed by atoms with van der Waals surface area (Å²) < 4.78 is 67.1. The van der Waals surface area contributed by atoms with E-state index in [1.807, 2.05) is 0 Å². The minimum Gasteiger partial charge on any atom is -0.487 e. The van der Waals surface area contributed by atoms with E-state index in [4.69, 9.17) is 9.15 Å². The predicted molar refractivity (Wildman–Crippen MR) is 99.4 cm³/mol. The fourth-order valence-corrected chi connectivity index (χ4v) is 4.68. The number of rotatable bonds is 3. The highest BCUT2D eigenvalue weighted by Crippen LogP contribution is 2.36. The number of aromatic nitrogens is 2. The molecule has 0 spiro atoms. The lowest BCUT2D eigenvalue weighted by Gasteiger charge is -2.24. The van der Waals surface area contributed by atoms with Crippen LogP contribution in [0.2, 0.25) is 0 Å². The quantitative estimate of drug-likeness (QED) is 0.647. The van der Waals surface area contributed by atoms with E-state index in [1.54, 1.807) is 0 Å². The minimum absolute atomic E-state index is 0.00641. The number of carbonyl (C=O) groups is 1. The number of anilines is 1. The molecule has 0 unspecified atom stereocenters. The van der Waals surface area contributed by atoms with Crippen LogP contribution in [0.1, 0.15) is 23.3 Å². The average Bonchev–Trinajstić information content (AvgIpc) is 3.29. The molecule has 3 aromatic rings. The highest BCUT2D eigenvalue weighted by Gasteiger charge is 2.43. The molecule has 12 heteroatoms. The number of amides is 1. The first-order chi connectivity index (χ1) is 14.1. The van der Waals surface area contributed by atoms with Gasteiger partial charge in [-0.25, -0.2) is 22.2 Å². The Hall–Kier alpha value is -3.25. The number of benzene rings is 1. The van der Waals surface area contributed by atoms with E-state index in [2.05, 4.69) is 15.0 Å². The van der Waals surface area contributed by atoms with Gasteiger partial charge < -0.3 is 19.0 Å². The van der Waals surface area contributed by atoms with Gasteiger partial charge in [0.2, 0.25) is 15.9 Å². The molecule has 4 rings (SSSR count). The Balaban J connectivity index is 1.71. The first kappa shape index (κ1) is 20.0. The molecular weight excluding hydrogens is 422 g/mol. The van der Waals surface area contributed by atoms with Crippen LogP contribution in [0.5, 0.6) is 5.75 Å². The number of hydrogen-bond donors (Lipinski definition) is 2. The molecule has 0 saturated carbocycles. The summed E-state index contributed by atoms with van der Waals surface area (Å²) in [5.74, 6) is -3.05. The molecule has 0 saturated heterocycles. The maximum absolute atomic E-state index is 13.4. The van der Waals surface area contributed by atoms with Gasteiger partial charge in [-0.2, -0.15) is 4.72 Å². The van der Waals surface area contributed by atoms with E-state index in [1.165, 1.54) is 43.3 Å². The number of aryl methyl sites for hydroxylation is 1. The summed E-state index contributed by atoms with van der Waals surface area (Å²) in [6, 6.07) is 2.85. The zero-order chi connectivity index (χ0) is 21.7. The lowest BCUT2D eigenvalue weighted by molar-refractivity contribution is 0.101. The summed E-state index contributed by atoms with van der Waals surface area (Å²) in [5, 5.41) is 2.41. The van der Waals surface area contributed by atoms with Crippen molar-refractivity contribution < 1.29 is 31.1 Å². The predicted octanol–water partition coefficient (Wildman–Crippen LogP) is 2.13. The van der Waals surface area contributed by atoms with E-state index < -0.39 is 33.1 Å². The summed E-state index contributed by atoms with van der Waals surface area (Å²) in [7, 11) is -2.66. The van der Waals surface area contributed by atoms with E-state index in [0.717, 1.165) is 12.1 Å². The Labute approximate surface area is 169 Å². The van der Waals surface area contributed by atoms with Crippen LogP contribution in [-0.4, -0.2) is 30.5 Å². The highest BCUT2D eigenvalue weighted by atomic mass is 32.2. The average molecular weight is 438 g/mol. The zero-order valence-corrected chi connectivity index (χ0v) is 16.6. The molecule has 1 atom stereocenters. The fraction of sp³-hybridized carbons (Fsp3) is 0.222. The van der Waals surface area contributed by atoms with Crippen LogP contribution in [0, 0.1) is 11.6 Å². The van der Waals surface area contributed by atoms with Gasteiger partial charge in [0, 0.05) is 25.0 Å². The molecule has 1 aliphatic heterocycles. The van der Waals surface area contributed by atoms with Gasteiger partial charge in [-0.1, -0.05) is 0 Å². The minimum atomic E-state index is -4.12. The summed E-state index contributed by atoms with van der Waals surface area (Å²) in [5.41, 5.74) is -1.44. The molecule has 9 nitrogen and oxygen atoms in total. The molecule has 3 heterocycles. The first-order valence-corrected chi connectivity index (χ1v) is 10.1. The fourth-order valence-electron chi connectivity index (χ4n) is 3.13. The molecule has 0 radical (unpaired) electrons. The molecule has 2 aromatic heterocycles. The molecule has 2 N–H and O–H groups in total. The number of nitrogens with zero attached hydrogens (tertiary/aromatic N) is 2. The lowest BCUT2D eigenvalue weighted by Crippen LogP contribution is -2.46. The van der Waals surface area contributed by atoms with Crippen molar-refractivity contribution in [3.05, 3.63) is 60.1 Å². The van der Waals surface area contributed by atoms with E-state index in [0.29, 0.717) is 0 Å². The third-order valence-corrected chi connectivity index (χ3v) is 6.14. The summed E-state index contributed by atoms with van der Waals surface area (Å²) in [6.45, 7) is 1.32. The first-order valence-electron chi connectivity index (χ1n) is 8.63. The van der Waals surface area contributed by atoms with Crippen LogP contribution in [0.3, 0.4) is 0 Å². The number of hydrogen-bond acceptors (Lipinski definition) is 6. The molecule has 1 aliphatic rings. The molecule has 1 aromatic carbocycles. The molecule has 30 heavy (non-hydrogen) atoms. The Kier molecular flexibility index (Phi) is 4.62. The van der Waals surface area contributed by atoms with Crippen molar-refractivity contribution in [1.29, 1.82) is 0 Å². The van der Waals surface area contributed by atoms with Crippen molar-refractivity contribution in [2.24, 2.45) is 7.05 Å². The van der Waals surface area contributed by atoms with Crippen molar-refractivity contribution in [1.82, 2.24) is 14.3 Å². The Bertz CT molecular complexity index is 1240. The number of halogens is 2. The van der Waals surface area contributed by atoms with E-state index >= 15 is 0 Å². The van der Waals surface area contributed by atoms with E-state index in [-0.39, 0.29) is 34.5 Å². The lowest BCUT2D eigenvalue weighted by atomic mass is 10.1. The van der Waals surface area contributed by atoms with Gasteiger partial charge in [0.25, 0.3) is 5.91 Å². The van der Waals surface area contributed by atoms with Gasteiger partial charge in [0.1, 0.15) is 23.3 Å². The third-order valence-electron chi connectivity index (χ3n) is 4.55. The van der Waals surface area contributed by atoms with Crippen molar-refractivity contribution in [2.75, 3.05) is 11.9 Å². The largest absolute Gasteiger partial charge is 0.487 e. The van der Waals surface area contributed by atoms with Gasteiger partial charge in [0.05, 0.1) is 6.20 Å². The molecule has 0 bridgehead atoms. The van der Waals surface area contributed by atoms with Gasteiger partial charge in [-0.05, 0) is 19.1 Å². The van der Waals surface area contributed by atoms with E-state index in [9.17, 15) is 22.0 Å².